The summed E-state index contributed by atoms with van der Waals surface area (Å²) in [5.41, 5.74) is 0.550. The van der Waals surface area contributed by atoms with E-state index in [-0.39, 0.29) is 36.1 Å². The van der Waals surface area contributed by atoms with E-state index in [4.69, 9.17) is 9.47 Å². The summed E-state index contributed by atoms with van der Waals surface area (Å²) < 4.78 is 11.0. The molecule has 1 atom stereocenters. The Hall–Kier alpha value is -1.97. The van der Waals surface area contributed by atoms with Crippen molar-refractivity contribution in [3.8, 4) is 5.75 Å². The highest BCUT2D eigenvalue weighted by molar-refractivity contribution is 14.0. The quantitative estimate of drug-likeness (QED) is 0.262. The topological polar surface area (TPSA) is 75.2 Å². The van der Waals surface area contributed by atoms with Crippen molar-refractivity contribution in [3.63, 3.8) is 0 Å². The second kappa shape index (κ2) is 11.9. The van der Waals surface area contributed by atoms with Gasteiger partial charge in [-0.3, -0.25) is 4.99 Å². The molecule has 2 N–H and O–H groups in total. The average molecular weight is 516 g/mol. The number of nitrogens with one attached hydrogen (secondary N) is 2. The number of guanidine groups is 1. The summed E-state index contributed by atoms with van der Waals surface area (Å²) in [6.45, 7) is 11.8. The molecular weight excluding hydrogens is 483 g/mol. The van der Waals surface area contributed by atoms with Crippen molar-refractivity contribution in [2.45, 2.75) is 45.4 Å². The van der Waals surface area contributed by atoms with Crippen LogP contribution in [-0.4, -0.2) is 55.3 Å². The van der Waals surface area contributed by atoms with Crippen molar-refractivity contribution in [1.29, 1.82) is 0 Å². The summed E-state index contributed by atoms with van der Waals surface area (Å²) in [6.07, 6.45) is 2.19. The number of rotatable bonds is 6. The van der Waals surface area contributed by atoms with E-state index in [0.717, 1.165) is 30.2 Å². The van der Waals surface area contributed by atoms with Crippen LogP contribution in [0.4, 0.5) is 4.79 Å². The minimum absolute atomic E-state index is 0. The van der Waals surface area contributed by atoms with E-state index < -0.39 is 5.60 Å². The number of halogens is 1. The molecule has 0 bridgehead atoms. The van der Waals surface area contributed by atoms with Gasteiger partial charge >= 0.3 is 6.09 Å². The lowest BCUT2D eigenvalue weighted by atomic mass is 10.2. The molecule has 1 saturated heterocycles. The van der Waals surface area contributed by atoms with Crippen LogP contribution in [0.2, 0.25) is 0 Å². The number of nitrogens with zero attached hydrogens (tertiary/aromatic N) is 2. The number of likely N-dealkylation sites (tertiary alicyclic amines) is 1. The van der Waals surface area contributed by atoms with Gasteiger partial charge in [-0.2, -0.15) is 0 Å². The fourth-order valence-electron chi connectivity index (χ4n) is 2.99. The second-order valence-corrected chi connectivity index (χ2v) is 7.69. The van der Waals surface area contributed by atoms with Gasteiger partial charge in [-0.1, -0.05) is 30.9 Å². The highest BCUT2D eigenvalue weighted by atomic mass is 127. The van der Waals surface area contributed by atoms with Crippen LogP contribution in [0, 0.1) is 0 Å². The Morgan fingerprint density at radius 3 is 2.76 bits per heavy atom. The summed E-state index contributed by atoms with van der Waals surface area (Å²) in [5.74, 6) is 1.63. The Labute approximate surface area is 190 Å². The highest BCUT2D eigenvalue weighted by Gasteiger charge is 2.27. The van der Waals surface area contributed by atoms with Gasteiger partial charge in [0.1, 0.15) is 18.0 Å². The number of para-hydroxylation sites is 1. The highest BCUT2D eigenvalue weighted by Crippen LogP contribution is 2.18. The summed E-state index contributed by atoms with van der Waals surface area (Å²) in [7, 11) is 1.76. The summed E-state index contributed by atoms with van der Waals surface area (Å²) in [4.78, 5) is 18.5. The van der Waals surface area contributed by atoms with Crippen molar-refractivity contribution >= 4 is 36.0 Å². The maximum Gasteiger partial charge on any atom is 0.407 e. The molecule has 0 aliphatic carbocycles. The van der Waals surface area contributed by atoms with Crippen LogP contribution in [0.15, 0.2) is 41.9 Å². The molecule has 1 aliphatic rings. The Morgan fingerprint density at radius 2 is 2.10 bits per heavy atom. The molecule has 1 amide bonds. The van der Waals surface area contributed by atoms with Crippen LogP contribution >= 0.6 is 24.0 Å². The van der Waals surface area contributed by atoms with E-state index in [1.807, 2.05) is 45.0 Å². The summed E-state index contributed by atoms with van der Waals surface area (Å²) in [5, 5.41) is 6.32. The molecule has 0 spiro atoms. The number of hydrogen-bond donors (Lipinski definition) is 2. The zero-order valence-electron chi connectivity index (χ0n) is 17.7. The van der Waals surface area contributed by atoms with Crippen molar-refractivity contribution in [3.05, 3.63) is 42.5 Å². The van der Waals surface area contributed by atoms with Gasteiger partial charge in [-0.05, 0) is 33.3 Å². The van der Waals surface area contributed by atoms with Crippen molar-refractivity contribution in [2.75, 3.05) is 26.7 Å². The largest absolute Gasteiger partial charge is 0.489 e. The Morgan fingerprint density at radius 1 is 1.38 bits per heavy atom. The molecule has 162 valence electrons. The molecule has 2 rings (SSSR count). The van der Waals surface area contributed by atoms with E-state index in [9.17, 15) is 4.79 Å². The number of alkyl carbamates (subject to hydrolysis) is 1. The smallest absolute Gasteiger partial charge is 0.407 e. The number of hydrogen-bond acceptors (Lipinski definition) is 4. The lowest BCUT2D eigenvalue weighted by Crippen LogP contribution is -2.44. The third kappa shape index (κ3) is 8.51. The van der Waals surface area contributed by atoms with Gasteiger partial charge in [-0.25, -0.2) is 4.79 Å². The van der Waals surface area contributed by atoms with Gasteiger partial charge in [0, 0.05) is 32.2 Å². The van der Waals surface area contributed by atoms with Crippen LogP contribution in [0.25, 0.3) is 0 Å². The Balaban J connectivity index is 0.00000420. The predicted molar refractivity (Wildman–Crippen MR) is 127 cm³/mol. The third-order valence-electron chi connectivity index (χ3n) is 4.19. The molecule has 1 unspecified atom stereocenters. The minimum atomic E-state index is -0.499. The van der Waals surface area contributed by atoms with Gasteiger partial charge in [0.15, 0.2) is 5.96 Å². The zero-order chi connectivity index (χ0) is 20.6. The fourth-order valence-corrected chi connectivity index (χ4v) is 2.99. The molecule has 1 fully saturated rings. The Bertz CT molecular complexity index is 703. The van der Waals surface area contributed by atoms with Gasteiger partial charge in [0.2, 0.25) is 0 Å². The van der Waals surface area contributed by atoms with E-state index >= 15 is 0 Å². The number of carbonyl (C=O) groups excluding carboxylic acids is 1. The van der Waals surface area contributed by atoms with Crippen molar-refractivity contribution in [1.82, 2.24) is 15.5 Å². The fraction of sp³-hybridized carbons (Fsp3) is 0.524. The van der Waals surface area contributed by atoms with Gasteiger partial charge in [-0.15, -0.1) is 24.0 Å². The zero-order valence-corrected chi connectivity index (χ0v) is 20.1. The van der Waals surface area contributed by atoms with Crippen LogP contribution in [-0.2, 0) is 11.3 Å². The minimum Gasteiger partial charge on any atom is -0.489 e. The van der Waals surface area contributed by atoms with E-state index in [1.165, 1.54) is 0 Å². The predicted octanol–water partition coefficient (Wildman–Crippen LogP) is 3.54. The van der Waals surface area contributed by atoms with Gasteiger partial charge in [0.25, 0.3) is 0 Å². The number of carbonyl (C=O) groups is 1. The first-order valence-electron chi connectivity index (χ1n) is 9.59. The van der Waals surface area contributed by atoms with Gasteiger partial charge < -0.3 is 25.0 Å². The molecule has 0 saturated carbocycles. The molecule has 7 nitrogen and oxygen atoms in total. The number of aliphatic imine (C=N–C) groups is 1. The molecule has 1 aromatic rings. The maximum absolute atomic E-state index is 12.0. The van der Waals surface area contributed by atoms with Crippen LogP contribution in [0.1, 0.15) is 32.8 Å². The van der Waals surface area contributed by atoms with Crippen molar-refractivity contribution in [2.24, 2.45) is 4.99 Å². The van der Waals surface area contributed by atoms with E-state index in [2.05, 4.69) is 27.1 Å². The van der Waals surface area contributed by atoms with E-state index in [1.54, 1.807) is 13.1 Å². The summed E-state index contributed by atoms with van der Waals surface area (Å²) >= 11 is 0. The monoisotopic (exact) mass is 516 g/mol. The summed E-state index contributed by atoms with van der Waals surface area (Å²) in [6, 6.07) is 7.94. The molecule has 0 aromatic heterocycles. The third-order valence-corrected chi connectivity index (χ3v) is 4.19. The number of ether oxygens (including phenoxy) is 2. The normalized spacial score (nSPS) is 16.6. The van der Waals surface area contributed by atoms with Crippen molar-refractivity contribution < 1.29 is 14.3 Å². The number of amides is 1. The molecule has 1 aromatic carbocycles. The standard InChI is InChI=1S/C21H32N4O3.HI/c1-6-13-27-18-10-8-7-9-16(18)14-23-19(22-5)25-12-11-17(15-25)24-20(26)28-21(2,3)4;/h6-10,17H,1,11-15H2,2-5H3,(H,22,23)(H,24,26);1H. The molecule has 1 heterocycles. The molecule has 0 radical (unpaired) electrons. The van der Waals surface area contributed by atoms with Crippen LogP contribution < -0.4 is 15.4 Å². The molecule has 29 heavy (non-hydrogen) atoms. The lowest BCUT2D eigenvalue weighted by molar-refractivity contribution is 0.0507. The Kier molecular flexibility index (Phi) is 10.3. The first-order chi connectivity index (χ1) is 13.3. The second-order valence-electron chi connectivity index (χ2n) is 7.69. The van der Waals surface area contributed by atoms with E-state index in [0.29, 0.717) is 19.7 Å². The molecule has 8 heteroatoms. The van der Waals surface area contributed by atoms with Crippen LogP contribution in [0.5, 0.6) is 5.75 Å². The lowest BCUT2D eigenvalue weighted by Gasteiger charge is -2.23. The molecule has 1 aliphatic heterocycles. The first-order valence-corrected chi connectivity index (χ1v) is 9.59. The molecular formula is C21H33IN4O3. The van der Waals surface area contributed by atoms with Crippen LogP contribution in [0.3, 0.4) is 0 Å². The van der Waals surface area contributed by atoms with Gasteiger partial charge in [0.05, 0.1) is 6.04 Å². The number of benzene rings is 1. The first kappa shape index (κ1) is 25.1. The average Bonchev–Trinajstić information content (AvgIpc) is 3.07. The maximum atomic E-state index is 12.0. The SMILES string of the molecule is C=CCOc1ccccc1CNC(=NC)N1CCC(NC(=O)OC(C)(C)C)C1.I.